The second-order valence-corrected chi connectivity index (χ2v) is 13.7. The van der Waals surface area contributed by atoms with Crippen LogP contribution in [0.5, 0.6) is 23.0 Å². The lowest BCUT2D eigenvalue weighted by Gasteiger charge is -2.33. The number of unbranched alkanes of at least 4 members (excludes halogenated alkanes) is 2. The van der Waals surface area contributed by atoms with Crippen LogP contribution in [0, 0.1) is 11.3 Å². The van der Waals surface area contributed by atoms with E-state index in [1.807, 2.05) is 34.7 Å². The fourth-order valence-corrected chi connectivity index (χ4v) is 8.34. The third kappa shape index (κ3) is 8.47. The van der Waals surface area contributed by atoms with Crippen molar-refractivity contribution in [3.05, 3.63) is 65.7 Å². The molecular weight excluding hydrogens is 584 g/mol. The molecule has 0 saturated heterocycles. The van der Waals surface area contributed by atoms with Crippen molar-refractivity contribution in [2.24, 2.45) is 0 Å². The van der Waals surface area contributed by atoms with Gasteiger partial charge in [0.1, 0.15) is 11.4 Å². The minimum atomic E-state index is -0.584. The fourth-order valence-electron chi connectivity index (χ4n) is 6.62. The van der Waals surface area contributed by atoms with E-state index in [2.05, 4.69) is 34.2 Å². The maximum Gasteiger partial charge on any atom is 0.161 e. The molecule has 2 aromatic carbocycles. The zero-order valence-electron chi connectivity index (χ0n) is 27.1. The van der Waals surface area contributed by atoms with Gasteiger partial charge in [-0.1, -0.05) is 38.2 Å². The van der Waals surface area contributed by atoms with Crippen LogP contribution in [0.4, 0.5) is 0 Å². The highest BCUT2D eigenvalue weighted by Gasteiger charge is 2.37. The SMILES string of the molecule is COc1ccc(C(C#N)(CCCCCN2CCc3cc(OC)c(OCCn4ccnc4)cc3C2)SC2CCCCC2)cc1OC. The van der Waals surface area contributed by atoms with Crippen LogP contribution in [0.25, 0.3) is 0 Å². The Hall–Kier alpha value is -3.35. The summed E-state index contributed by atoms with van der Waals surface area (Å²) in [6.45, 7) is 4.31. The van der Waals surface area contributed by atoms with Crippen molar-refractivity contribution >= 4 is 11.8 Å². The van der Waals surface area contributed by atoms with Crippen molar-refractivity contribution in [3.8, 4) is 29.1 Å². The molecule has 3 aromatic rings. The molecule has 8 nitrogen and oxygen atoms in total. The molecule has 1 saturated carbocycles. The average Bonchev–Trinajstić information content (AvgIpc) is 3.61. The van der Waals surface area contributed by atoms with E-state index in [1.165, 1.54) is 43.2 Å². The van der Waals surface area contributed by atoms with Crippen LogP contribution >= 0.6 is 11.8 Å². The van der Waals surface area contributed by atoms with Crippen molar-refractivity contribution in [3.63, 3.8) is 0 Å². The highest BCUT2D eigenvalue weighted by molar-refractivity contribution is 8.01. The van der Waals surface area contributed by atoms with Crippen molar-refractivity contribution in [1.82, 2.24) is 14.5 Å². The molecule has 1 aliphatic heterocycles. The lowest BCUT2D eigenvalue weighted by molar-refractivity contribution is 0.244. The van der Waals surface area contributed by atoms with Crippen LogP contribution in [-0.4, -0.2) is 60.7 Å². The van der Waals surface area contributed by atoms with Crippen molar-refractivity contribution in [1.29, 1.82) is 5.26 Å². The summed E-state index contributed by atoms with van der Waals surface area (Å²) < 4.78 is 24.4. The summed E-state index contributed by atoms with van der Waals surface area (Å²) in [4.78, 5) is 6.65. The second kappa shape index (κ2) is 16.3. The average molecular weight is 633 g/mol. The van der Waals surface area contributed by atoms with Gasteiger partial charge in [-0.2, -0.15) is 5.26 Å². The molecule has 45 heavy (non-hydrogen) atoms. The van der Waals surface area contributed by atoms with Crippen molar-refractivity contribution in [2.75, 3.05) is 41.0 Å². The second-order valence-electron chi connectivity index (χ2n) is 12.1. The lowest BCUT2D eigenvalue weighted by atomic mass is 9.92. The van der Waals surface area contributed by atoms with Crippen LogP contribution in [0.2, 0.25) is 0 Å². The molecular formula is C36H48N4O4S. The van der Waals surface area contributed by atoms with Gasteiger partial charge in [0.05, 0.1) is 40.3 Å². The minimum Gasteiger partial charge on any atom is -0.493 e. The number of benzene rings is 2. The van der Waals surface area contributed by atoms with Gasteiger partial charge < -0.3 is 23.5 Å². The number of rotatable bonds is 16. The Kier molecular flexibility index (Phi) is 11.9. The standard InChI is InChI=1S/C36H48N4O4S/c1-41-32-13-12-30(24-34(32)43-3)36(26-37,45-31-10-6-4-7-11-31)15-8-5-9-17-39-18-14-28-22-33(42-2)35(23-29(28)25-39)44-21-20-40-19-16-38-27-40/h12-13,16,19,22-24,27,31H,4-11,14-15,17-18,20-21,25H2,1-3H3. The monoisotopic (exact) mass is 632 g/mol. The Bertz CT molecular complexity index is 1400. The van der Waals surface area contributed by atoms with Crippen molar-refractivity contribution in [2.45, 2.75) is 87.3 Å². The predicted octanol–water partition coefficient (Wildman–Crippen LogP) is 7.39. The third-order valence-electron chi connectivity index (χ3n) is 9.20. The number of ether oxygens (including phenoxy) is 4. The normalized spacial score (nSPS) is 16.8. The van der Waals surface area contributed by atoms with Gasteiger partial charge in [0.15, 0.2) is 23.0 Å². The first-order valence-electron chi connectivity index (χ1n) is 16.4. The van der Waals surface area contributed by atoms with Gasteiger partial charge in [-0.15, -0.1) is 11.8 Å². The van der Waals surface area contributed by atoms with E-state index in [9.17, 15) is 5.26 Å². The van der Waals surface area contributed by atoms with Gasteiger partial charge in [0.25, 0.3) is 0 Å². The number of fused-ring (bicyclic) bond motifs is 1. The van der Waals surface area contributed by atoms with E-state index in [4.69, 9.17) is 18.9 Å². The van der Waals surface area contributed by atoms with Crippen LogP contribution in [0.3, 0.4) is 0 Å². The molecule has 0 radical (unpaired) electrons. The smallest absolute Gasteiger partial charge is 0.161 e. The summed E-state index contributed by atoms with van der Waals surface area (Å²) in [5, 5.41) is 11.2. The van der Waals surface area contributed by atoms with Gasteiger partial charge in [-0.05, 0) is 79.6 Å². The molecule has 1 aliphatic carbocycles. The Morgan fingerprint density at radius 2 is 1.69 bits per heavy atom. The maximum atomic E-state index is 10.7. The number of methoxy groups -OCH3 is 3. The summed E-state index contributed by atoms with van der Waals surface area (Å²) in [6, 6.07) is 13.1. The molecule has 2 heterocycles. The molecule has 1 aromatic heterocycles. The first-order chi connectivity index (χ1) is 22.1. The molecule has 0 spiro atoms. The summed E-state index contributed by atoms with van der Waals surface area (Å²) in [5.41, 5.74) is 3.70. The number of hydrogen-bond donors (Lipinski definition) is 0. The Labute approximate surface area is 273 Å². The highest BCUT2D eigenvalue weighted by Crippen LogP contribution is 2.48. The van der Waals surface area contributed by atoms with E-state index < -0.39 is 4.75 Å². The van der Waals surface area contributed by atoms with E-state index in [0.717, 1.165) is 75.3 Å². The van der Waals surface area contributed by atoms with Gasteiger partial charge in [0, 0.05) is 30.7 Å². The Morgan fingerprint density at radius 3 is 2.42 bits per heavy atom. The Morgan fingerprint density at radius 1 is 0.911 bits per heavy atom. The predicted molar refractivity (Wildman–Crippen MR) is 179 cm³/mol. The highest BCUT2D eigenvalue weighted by atomic mass is 32.2. The van der Waals surface area contributed by atoms with Crippen LogP contribution < -0.4 is 18.9 Å². The molecule has 1 atom stereocenters. The van der Waals surface area contributed by atoms with E-state index in [0.29, 0.717) is 23.4 Å². The maximum absolute atomic E-state index is 10.7. The van der Waals surface area contributed by atoms with Gasteiger partial charge in [-0.3, -0.25) is 4.90 Å². The number of imidazole rings is 1. The zero-order chi connectivity index (χ0) is 31.5. The molecule has 1 fully saturated rings. The number of hydrogen-bond acceptors (Lipinski definition) is 8. The van der Waals surface area contributed by atoms with Crippen LogP contribution in [0.1, 0.15) is 74.5 Å². The lowest BCUT2D eigenvalue weighted by Crippen LogP contribution is -2.31. The number of thioether (sulfide) groups is 1. The molecule has 9 heteroatoms. The molecule has 2 aliphatic rings. The largest absolute Gasteiger partial charge is 0.493 e. The number of aromatic nitrogens is 2. The number of nitriles is 1. The van der Waals surface area contributed by atoms with Gasteiger partial charge in [-0.25, -0.2) is 4.98 Å². The van der Waals surface area contributed by atoms with Crippen LogP contribution in [-0.2, 0) is 24.3 Å². The van der Waals surface area contributed by atoms with E-state index in [1.54, 1.807) is 33.9 Å². The quantitative estimate of drug-likeness (QED) is 0.151. The molecule has 0 amide bonds. The number of nitrogens with zero attached hydrogens (tertiary/aromatic N) is 4. The van der Waals surface area contributed by atoms with E-state index in [-0.39, 0.29) is 0 Å². The summed E-state index contributed by atoms with van der Waals surface area (Å²) in [6.07, 6.45) is 16.8. The molecule has 242 valence electrons. The zero-order valence-corrected chi connectivity index (χ0v) is 27.9. The van der Waals surface area contributed by atoms with Gasteiger partial charge >= 0.3 is 0 Å². The first-order valence-corrected chi connectivity index (χ1v) is 17.3. The van der Waals surface area contributed by atoms with Crippen molar-refractivity contribution < 1.29 is 18.9 Å². The summed E-state index contributed by atoms with van der Waals surface area (Å²) in [7, 11) is 5.02. The fraction of sp³-hybridized carbons (Fsp3) is 0.556. The Balaban J connectivity index is 1.17. The van der Waals surface area contributed by atoms with Crippen LogP contribution in [0.15, 0.2) is 49.1 Å². The molecule has 5 rings (SSSR count). The molecule has 0 N–H and O–H groups in total. The molecule has 1 unspecified atom stereocenters. The molecule has 0 bridgehead atoms. The topological polar surface area (TPSA) is 81.8 Å². The van der Waals surface area contributed by atoms with E-state index >= 15 is 0 Å². The summed E-state index contributed by atoms with van der Waals surface area (Å²) >= 11 is 1.89. The first kappa shape index (κ1) is 33.0. The van der Waals surface area contributed by atoms with Gasteiger partial charge in [0.2, 0.25) is 0 Å². The summed E-state index contributed by atoms with van der Waals surface area (Å²) in [5.74, 6) is 2.99. The third-order valence-corrected chi connectivity index (χ3v) is 10.9. The minimum absolute atomic E-state index is 0.526.